The zero-order valence-corrected chi connectivity index (χ0v) is 12.2. The summed E-state index contributed by atoms with van der Waals surface area (Å²) in [5.41, 5.74) is 5.95. The summed E-state index contributed by atoms with van der Waals surface area (Å²) in [7, 11) is -3.62. The van der Waals surface area contributed by atoms with Gasteiger partial charge in [-0.05, 0) is 18.2 Å². The summed E-state index contributed by atoms with van der Waals surface area (Å²) in [6.07, 6.45) is 2.23. The number of aromatic nitrogens is 1. The number of rotatable bonds is 5. The summed E-state index contributed by atoms with van der Waals surface area (Å²) in [5, 5.41) is 2.84. The molecule has 0 aliphatic rings. The molecule has 0 spiro atoms. The molecule has 0 atom stereocenters. The Morgan fingerprint density at radius 1 is 1.42 bits per heavy atom. The molecule has 0 saturated carbocycles. The molecule has 0 aliphatic heterocycles. The summed E-state index contributed by atoms with van der Waals surface area (Å²) < 4.78 is 26.6. The molecular weight excluding hydrogens is 306 g/mol. The van der Waals surface area contributed by atoms with Crippen LogP contribution in [0.2, 0.25) is 5.02 Å². The number of nitrogens with two attached hydrogens (primary N) is 1. The molecule has 8 heteroatoms. The second kappa shape index (κ2) is 5.87. The van der Waals surface area contributed by atoms with Crippen molar-refractivity contribution in [2.75, 3.05) is 12.3 Å². The van der Waals surface area contributed by atoms with Crippen molar-refractivity contribution in [3.63, 3.8) is 0 Å². The van der Waals surface area contributed by atoms with Gasteiger partial charge in [-0.3, -0.25) is 0 Å². The average Bonchev–Trinajstić information content (AvgIpc) is 2.81. The van der Waals surface area contributed by atoms with Crippen LogP contribution in [0.1, 0.15) is 5.01 Å². The van der Waals surface area contributed by atoms with Crippen LogP contribution in [-0.4, -0.2) is 19.9 Å². The second-order valence-corrected chi connectivity index (χ2v) is 6.89. The van der Waals surface area contributed by atoms with Crippen LogP contribution in [0.5, 0.6) is 0 Å². The summed E-state index contributed by atoms with van der Waals surface area (Å²) in [6, 6.07) is 4.31. The van der Waals surface area contributed by atoms with E-state index in [-0.39, 0.29) is 16.5 Å². The standard InChI is InChI=1S/C11H12ClN3O2S2/c12-9-7-8(13)1-2-10(9)19(16,17)15-4-3-11-14-5-6-18-11/h1-2,5-7,15H,3-4,13H2. The monoisotopic (exact) mass is 317 g/mol. The molecule has 1 aromatic heterocycles. The normalized spacial score (nSPS) is 11.6. The number of hydrogen-bond donors (Lipinski definition) is 2. The van der Waals surface area contributed by atoms with E-state index in [0.29, 0.717) is 12.1 Å². The van der Waals surface area contributed by atoms with E-state index in [1.807, 2.05) is 5.38 Å². The molecule has 0 saturated heterocycles. The number of nitrogen functional groups attached to an aromatic ring is 1. The summed E-state index contributed by atoms with van der Waals surface area (Å²) in [5.74, 6) is 0. The minimum atomic E-state index is -3.62. The highest BCUT2D eigenvalue weighted by molar-refractivity contribution is 7.89. The van der Waals surface area contributed by atoms with E-state index in [9.17, 15) is 8.42 Å². The van der Waals surface area contributed by atoms with Crippen LogP contribution in [0.3, 0.4) is 0 Å². The van der Waals surface area contributed by atoms with Gasteiger partial charge < -0.3 is 5.73 Å². The van der Waals surface area contributed by atoms with Gasteiger partial charge in [0, 0.05) is 30.2 Å². The van der Waals surface area contributed by atoms with Gasteiger partial charge in [0.05, 0.1) is 10.0 Å². The lowest BCUT2D eigenvalue weighted by molar-refractivity contribution is 0.581. The topological polar surface area (TPSA) is 85.1 Å². The van der Waals surface area contributed by atoms with Crippen LogP contribution >= 0.6 is 22.9 Å². The highest BCUT2D eigenvalue weighted by Crippen LogP contribution is 2.23. The quantitative estimate of drug-likeness (QED) is 0.825. The molecule has 19 heavy (non-hydrogen) atoms. The highest BCUT2D eigenvalue weighted by Gasteiger charge is 2.17. The molecule has 0 bridgehead atoms. The Labute approximate surface area is 120 Å². The van der Waals surface area contributed by atoms with Crippen LogP contribution in [0.4, 0.5) is 5.69 Å². The fraction of sp³-hybridized carbons (Fsp3) is 0.182. The van der Waals surface area contributed by atoms with Crippen molar-refractivity contribution in [1.29, 1.82) is 0 Å². The summed E-state index contributed by atoms with van der Waals surface area (Å²) in [6.45, 7) is 0.274. The van der Waals surface area contributed by atoms with Crippen LogP contribution in [0, 0.1) is 0 Å². The summed E-state index contributed by atoms with van der Waals surface area (Å²) in [4.78, 5) is 4.11. The molecular formula is C11H12ClN3O2S2. The highest BCUT2D eigenvalue weighted by atomic mass is 35.5. The maximum Gasteiger partial charge on any atom is 0.242 e. The van der Waals surface area contributed by atoms with Gasteiger partial charge in [-0.2, -0.15) is 0 Å². The van der Waals surface area contributed by atoms with Crippen molar-refractivity contribution in [3.8, 4) is 0 Å². The van der Waals surface area contributed by atoms with Crippen molar-refractivity contribution in [2.45, 2.75) is 11.3 Å². The van der Waals surface area contributed by atoms with Crippen molar-refractivity contribution < 1.29 is 8.42 Å². The summed E-state index contributed by atoms with van der Waals surface area (Å²) >= 11 is 7.37. The number of sulfonamides is 1. The van der Waals surface area contributed by atoms with Gasteiger partial charge in [0.1, 0.15) is 4.90 Å². The molecule has 0 unspecified atom stereocenters. The molecule has 5 nitrogen and oxygen atoms in total. The van der Waals surface area contributed by atoms with Gasteiger partial charge in [-0.1, -0.05) is 11.6 Å². The lowest BCUT2D eigenvalue weighted by Crippen LogP contribution is -2.26. The Balaban J connectivity index is 2.05. The van der Waals surface area contributed by atoms with Crippen LogP contribution in [0.15, 0.2) is 34.7 Å². The molecule has 1 aromatic carbocycles. The van der Waals surface area contributed by atoms with E-state index in [2.05, 4.69) is 9.71 Å². The van der Waals surface area contributed by atoms with Gasteiger partial charge in [-0.25, -0.2) is 18.1 Å². The minimum Gasteiger partial charge on any atom is -0.399 e. The molecule has 0 amide bonds. The average molecular weight is 318 g/mol. The number of hydrogen-bond acceptors (Lipinski definition) is 5. The first-order valence-corrected chi connectivity index (χ1v) is 8.16. The van der Waals surface area contributed by atoms with E-state index in [1.165, 1.54) is 29.5 Å². The molecule has 2 aromatic rings. The van der Waals surface area contributed by atoms with Gasteiger partial charge in [0.15, 0.2) is 0 Å². The largest absolute Gasteiger partial charge is 0.399 e. The maximum atomic E-state index is 12.0. The van der Waals surface area contributed by atoms with Crippen molar-refractivity contribution in [3.05, 3.63) is 39.8 Å². The van der Waals surface area contributed by atoms with E-state index >= 15 is 0 Å². The zero-order chi connectivity index (χ0) is 13.9. The number of halogens is 1. The lowest BCUT2D eigenvalue weighted by Gasteiger charge is -2.08. The van der Waals surface area contributed by atoms with Gasteiger partial charge in [-0.15, -0.1) is 11.3 Å². The van der Waals surface area contributed by atoms with Crippen LogP contribution < -0.4 is 10.5 Å². The first-order chi connectivity index (χ1) is 8.99. The third-order valence-corrected chi connectivity index (χ3v) is 5.14. The number of anilines is 1. The molecule has 0 radical (unpaired) electrons. The SMILES string of the molecule is Nc1ccc(S(=O)(=O)NCCc2nccs2)c(Cl)c1. The van der Waals surface area contributed by atoms with Crippen molar-refractivity contribution in [2.24, 2.45) is 0 Å². The fourth-order valence-corrected chi connectivity index (χ4v) is 3.68. The van der Waals surface area contributed by atoms with E-state index in [1.54, 1.807) is 6.20 Å². The third kappa shape index (κ3) is 3.66. The first kappa shape index (κ1) is 14.3. The van der Waals surface area contributed by atoms with Gasteiger partial charge in [0.2, 0.25) is 10.0 Å². The molecule has 0 aliphatic carbocycles. The van der Waals surface area contributed by atoms with E-state index in [4.69, 9.17) is 17.3 Å². The molecule has 1 heterocycles. The zero-order valence-electron chi connectivity index (χ0n) is 9.84. The first-order valence-electron chi connectivity index (χ1n) is 5.42. The van der Waals surface area contributed by atoms with Crippen LogP contribution in [-0.2, 0) is 16.4 Å². The molecule has 102 valence electrons. The van der Waals surface area contributed by atoms with Crippen LogP contribution in [0.25, 0.3) is 0 Å². The predicted octanol–water partition coefficient (Wildman–Crippen LogP) is 1.90. The Kier molecular flexibility index (Phi) is 4.41. The van der Waals surface area contributed by atoms with E-state index in [0.717, 1.165) is 5.01 Å². The lowest BCUT2D eigenvalue weighted by atomic mass is 10.3. The fourth-order valence-electron chi connectivity index (χ4n) is 1.48. The number of thiazole rings is 1. The van der Waals surface area contributed by atoms with Gasteiger partial charge >= 0.3 is 0 Å². The third-order valence-electron chi connectivity index (χ3n) is 2.36. The number of benzene rings is 1. The Bertz CT molecular complexity index is 657. The Hall–Kier alpha value is -1.15. The van der Waals surface area contributed by atoms with E-state index < -0.39 is 10.0 Å². The van der Waals surface area contributed by atoms with Crippen molar-refractivity contribution >= 4 is 38.6 Å². The molecule has 0 fully saturated rings. The maximum absolute atomic E-state index is 12.0. The number of nitrogens with one attached hydrogen (secondary N) is 1. The molecule has 3 N–H and O–H groups in total. The minimum absolute atomic E-state index is 0.0301. The Morgan fingerprint density at radius 2 is 2.21 bits per heavy atom. The second-order valence-electron chi connectivity index (χ2n) is 3.76. The Morgan fingerprint density at radius 3 is 2.84 bits per heavy atom. The van der Waals surface area contributed by atoms with Crippen molar-refractivity contribution in [1.82, 2.24) is 9.71 Å². The van der Waals surface area contributed by atoms with Gasteiger partial charge in [0.25, 0.3) is 0 Å². The smallest absolute Gasteiger partial charge is 0.242 e. The number of nitrogens with zero attached hydrogens (tertiary/aromatic N) is 1. The predicted molar refractivity (Wildman–Crippen MR) is 76.9 cm³/mol. The molecule has 2 rings (SSSR count).